The van der Waals surface area contributed by atoms with Crippen molar-refractivity contribution in [3.8, 4) is 44.5 Å². The van der Waals surface area contributed by atoms with Gasteiger partial charge in [-0.2, -0.15) is 0 Å². The Labute approximate surface area is 541 Å². The second-order valence-corrected chi connectivity index (χ2v) is 35.2. The van der Waals surface area contributed by atoms with Crippen molar-refractivity contribution in [3.63, 3.8) is 0 Å². The molecule has 0 saturated carbocycles. The van der Waals surface area contributed by atoms with E-state index in [0.29, 0.717) is 0 Å². The molecule has 0 aliphatic carbocycles. The molecule has 0 saturated heterocycles. The van der Waals surface area contributed by atoms with E-state index in [9.17, 15) is 0 Å². The maximum atomic E-state index is 5.54. The molecule has 9 heteroatoms. The van der Waals surface area contributed by atoms with Gasteiger partial charge in [-0.05, 0) is 146 Å². The van der Waals surface area contributed by atoms with Crippen LogP contribution in [0.4, 0.5) is 0 Å². The molecule has 0 N–H and O–H groups in total. The van der Waals surface area contributed by atoms with Crippen molar-refractivity contribution in [1.82, 2.24) is 19.9 Å². The van der Waals surface area contributed by atoms with Gasteiger partial charge in [0.25, 0.3) is 0 Å². The Morgan fingerprint density at radius 2 is 0.635 bits per heavy atom. The molecule has 0 unspecified atom stereocenters. The van der Waals surface area contributed by atoms with Gasteiger partial charge in [0.15, 0.2) is 0 Å². The summed E-state index contributed by atoms with van der Waals surface area (Å²) in [5.41, 5.74) is 17.5. The van der Waals surface area contributed by atoms with Gasteiger partial charge in [0.1, 0.15) is 16.1 Å². The van der Waals surface area contributed by atoms with E-state index in [1.807, 2.05) is 0 Å². The van der Waals surface area contributed by atoms with Crippen LogP contribution < -0.4 is 30.7 Å². The molecular weight excluding hydrogens is 1250 g/mol. The minimum absolute atomic E-state index is 0. The molecule has 4 aliphatic heterocycles. The van der Waals surface area contributed by atoms with E-state index in [1.165, 1.54) is 212 Å². The van der Waals surface area contributed by atoms with Crippen LogP contribution in [0, 0.1) is 0 Å². The molecule has 4 aliphatic rings. The summed E-state index contributed by atoms with van der Waals surface area (Å²) in [6, 6.07) is 47.9. The zero-order valence-electron chi connectivity index (χ0n) is 51.8. The van der Waals surface area contributed by atoms with Crippen LogP contribution in [0.5, 0.6) is 0 Å². The molecule has 438 valence electrons. The summed E-state index contributed by atoms with van der Waals surface area (Å²) in [6.07, 6.45) is 40.5. The van der Waals surface area contributed by atoms with Gasteiger partial charge < -0.3 is 9.97 Å². The maximum Gasteiger partial charge on any atom is 2.00 e. The van der Waals surface area contributed by atoms with E-state index in [1.54, 1.807) is 20.7 Å². The average Bonchev–Trinajstić information content (AvgIpc) is 1.76. The third-order valence-corrected chi connectivity index (χ3v) is 31.7. The first-order valence-corrected chi connectivity index (χ1v) is 39.6. The molecule has 7 aromatic rings. The van der Waals surface area contributed by atoms with Crippen LogP contribution in [0.2, 0.25) is 24.2 Å². The molecule has 3 aromatic heterocycles. The van der Waals surface area contributed by atoms with Gasteiger partial charge in [-0.15, -0.1) is 22.1 Å². The van der Waals surface area contributed by atoms with Gasteiger partial charge in [-0.1, -0.05) is 291 Å². The zero-order valence-corrected chi connectivity index (χ0v) is 59.9. The Morgan fingerprint density at radius 3 is 1.00 bits per heavy atom. The minimum atomic E-state index is -2.16. The summed E-state index contributed by atoms with van der Waals surface area (Å²) in [5, 5.41) is 6.56. The monoisotopic (exact) mass is 1340 g/mol. The molecule has 0 amide bonds. The Kier molecular flexibility index (Phi) is 22.5. The first-order chi connectivity index (χ1) is 41.3. The summed E-state index contributed by atoms with van der Waals surface area (Å²) in [7, 11) is -4.32. The van der Waals surface area contributed by atoms with Crippen LogP contribution >= 0.6 is 31.9 Å². The number of hydrogen-bond acceptors (Lipinski definition) is 2. The molecule has 7 heterocycles. The van der Waals surface area contributed by atoms with Gasteiger partial charge in [0.2, 0.25) is 0 Å². The number of aromatic nitrogens is 4. The summed E-state index contributed by atoms with van der Waals surface area (Å²) >= 11 is 8.24. The van der Waals surface area contributed by atoms with E-state index in [4.69, 9.17) is 19.9 Å². The number of rotatable bonds is 30. The van der Waals surface area contributed by atoms with E-state index < -0.39 is 16.1 Å². The number of hydrogen-bond donors (Lipinski definition) is 0. The smallest absolute Gasteiger partial charge is 0.656 e. The summed E-state index contributed by atoms with van der Waals surface area (Å²) in [5.74, 6) is 0. The van der Waals surface area contributed by atoms with E-state index in [2.05, 4.69) is 193 Å². The second-order valence-electron chi connectivity index (χ2n) is 25.1. The largest absolute Gasteiger partial charge is 2.00 e. The molecule has 4 nitrogen and oxygen atoms in total. The third kappa shape index (κ3) is 13.6. The summed E-state index contributed by atoms with van der Waals surface area (Å²) in [6.45, 7) is 9.30. The third-order valence-electron chi connectivity index (χ3n) is 19.4. The minimum Gasteiger partial charge on any atom is -0.656 e. The molecule has 85 heavy (non-hydrogen) atoms. The van der Waals surface area contributed by atoms with Crippen molar-refractivity contribution in [1.29, 1.82) is 0 Å². The normalized spacial score (nSPS) is 13.9. The topological polar surface area (TPSA) is 54.0 Å². The van der Waals surface area contributed by atoms with E-state index in [0.717, 1.165) is 64.9 Å². The number of fused-ring (bicyclic) bond motifs is 14. The maximum absolute atomic E-state index is 5.54. The predicted molar refractivity (Wildman–Crippen MR) is 377 cm³/mol. The number of halogens is 2. The van der Waals surface area contributed by atoms with Crippen LogP contribution in [0.15, 0.2) is 118 Å². The predicted octanol–water partition coefficient (Wildman–Crippen LogP) is 21.3. The fraction of sp³-hybridized carbons (Fsp3) is 0.421. The van der Waals surface area contributed by atoms with Crippen molar-refractivity contribution in [2.45, 2.75) is 206 Å². The van der Waals surface area contributed by atoms with Crippen LogP contribution in [-0.4, -0.2) is 26.1 Å². The molecule has 8 bridgehead atoms. The second kappa shape index (κ2) is 30.1. The van der Waals surface area contributed by atoms with E-state index >= 15 is 0 Å². The SMILES string of the molecule is CCCCCCCC[Si]1(CCCCCCCC)c2ccccc2-c2ccc(-c3c4nc(c(Br)c5ccc([n-]5)c(-c5ccc6c(c5)[Si](CCCCCCCC)(CCCCCCCC)c5ccccc5-6)c5nc(c(Br)c6ccc3[n-]6)C=C5)C=C4)cc21.[Zn+2]. The van der Waals surface area contributed by atoms with Crippen LogP contribution in [0.3, 0.4) is 0 Å². The van der Waals surface area contributed by atoms with Crippen LogP contribution in [0.1, 0.15) is 205 Å². The first-order valence-electron chi connectivity index (χ1n) is 33.2. The fourth-order valence-electron chi connectivity index (χ4n) is 15.0. The molecule has 0 atom stereocenters. The molecular formula is C76H90Br2N4Si2Zn. The first kappa shape index (κ1) is 63.5. The Hall–Kier alpha value is -4.50. The van der Waals surface area contributed by atoms with Gasteiger partial charge >= 0.3 is 19.5 Å². The van der Waals surface area contributed by atoms with Crippen molar-refractivity contribution in [2.24, 2.45) is 0 Å². The summed E-state index contributed by atoms with van der Waals surface area (Å²) < 4.78 is 1.77. The number of benzene rings is 4. The molecule has 11 rings (SSSR count). The average molecular weight is 1340 g/mol. The van der Waals surface area contributed by atoms with E-state index in [-0.39, 0.29) is 19.5 Å². The van der Waals surface area contributed by atoms with Crippen molar-refractivity contribution >= 4 is 115 Å². The fourth-order valence-corrected chi connectivity index (χ4v) is 27.1. The summed E-state index contributed by atoms with van der Waals surface area (Å²) in [4.78, 5) is 22.1. The van der Waals surface area contributed by atoms with Gasteiger partial charge in [-0.3, -0.25) is 0 Å². The molecule has 4 aromatic carbocycles. The number of unbranched alkanes of at least 4 members (excludes halogenated alkanes) is 20. The molecule has 0 fully saturated rings. The van der Waals surface area contributed by atoms with Crippen LogP contribution in [-0.2, 0) is 19.5 Å². The van der Waals surface area contributed by atoms with Gasteiger partial charge in [0.05, 0.1) is 22.8 Å². The quantitative estimate of drug-likeness (QED) is 0.0333. The standard InChI is InChI=1S/C76H90Br2N4Si2.Zn/c1-5-9-13-17-21-29-49-83(50-30-22-18-14-10-6-2)69-35-27-25-33-57(69)59-39-37-55(53-71(59)83)73-61-41-45-65(79-61)75(77)67-47-43-63(81-67)74(64-44-48-68(82-64)76(78)66-46-42-62(73)80-66)56-38-40-60-58-34-26-28-36-70(58)84(72(60)54-56,51-31-23-19-15-11-7-3)52-32-24-20-16-12-8-4;/h25-28,33-48,53-54H,5-24,29-32,49-52H2,1-4H3;/q-2;+2. The van der Waals surface area contributed by atoms with Crippen LogP contribution in [0.25, 0.3) is 90.9 Å². The van der Waals surface area contributed by atoms with Crippen molar-refractivity contribution in [3.05, 3.63) is 141 Å². The molecule has 0 spiro atoms. The Bertz CT molecular complexity index is 3390. The van der Waals surface area contributed by atoms with Crippen molar-refractivity contribution in [2.75, 3.05) is 0 Å². The Balaban J connectivity index is 0.00000803. The number of nitrogens with zero attached hydrogens (tertiary/aromatic N) is 4. The van der Waals surface area contributed by atoms with Crippen molar-refractivity contribution < 1.29 is 19.5 Å². The zero-order chi connectivity index (χ0) is 57.9. The van der Waals surface area contributed by atoms with Gasteiger partial charge in [-0.25, -0.2) is 9.97 Å². The Morgan fingerprint density at radius 1 is 0.329 bits per heavy atom. The van der Waals surface area contributed by atoms with Gasteiger partial charge in [0, 0.05) is 8.95 Å². The molecule has 0 radical (unpaired) electrons.